The number of benzene rings is 3. The molecule has 0 saturated carbocycles. The fourth-order valence-corrected chi connectivity index (χ4v) is 5.43. The molecule has 0 fully saturated rings. The summed E-state index contributed by atoms with van der Waals surface area (Å²) in [5.41, 5.74) is 17.1. The quantitative estimate of drug-likeness (QED) is 0.164. The van der Waals surface area contributed by atoms with Gasteiger partial charge in [-0.05, 0) is 108 Å². The number of amides is 2. The van der Waals surface area contributed by atoms with Crippen molar-refractivity contribution < 1.29 is 24.2 Å². The summed E-state index contributed by atoms with van der Waals surface area (Å²) in [6, 6.07) is 14.7. The van der Waals surface area contributed by atoms with Crippen LogP contribution in [0, 0.1) is 17.4 Å². The average Bonchev–Trinajstić information content (AvgIpc) is 3.47. The largest absolute Gasteiger partial charge is 0.496 e. The standard InChI is InChI=1S/C32H34IN5O5/c1-17-11-22(29(35)39)12-18(2)24(17)14-26(34)31(40)38(16-20-5-10-28(43-4)25(13-20)32(41)42)19(3)30-36-15-27(37-30)21-6-8-23(33)9-7-21/h5-13,15,19,26H,14,16,34H2,1-4H3,(H2,35,39)(H,36,37)(H,41,42). The summed E-state index contributed by atoms with van der Waals surface area (Å²) in [4.78, 5) is 47.2. The monoisotopic (exact) mass is 695 g/mol. The first-order chi connectivity index (χ1) is 20.4. The van der Waals surface area contributed by atoms with Gasteiger partial charge >= 0.3 is 5.97 Å². The predicted octanol–water partition coefficient (Wildman–Crippen LogP) is 4.76. The molecule has 0 spiro atoms. The number of aromatic carboxylic acids is 1. The summed E-state index contributed by atoms with van der Waals surface area (Å²) in [7, 11) is 1.40. The molecular weight excluding hydrogens is 661 g/mol. The number of aromatic amines is 1. The van der Waals surface area contributed by atoms with Crippen LogP contribution >= 0.6 is 22.6 Å². The van der Waals surface area contributed by atoms with Crippen molar-refractivity contribution in [1.29, 1.82) is 0 Å². The molecule has 0 aliphatic heterocycles. The highest BCUT2D eigenvalue weighted by Crippen LogP contribution is 2.28. The van der Waals surface area contributed by atoms with E-state index < -0.39 is 24.0 Å². The lowest BCUT2D eigenvalue weighted by molar-refractivity contribution is -0.135. The van der Waals surface area contributed by atoms with Crippen LogP contribution in [0.2, 0.25) is 0 Å². The molecule has 4 rings (SSSR count). The molecule has 2 amide bonds. The molecule has 0 bridgehead atoms. The van der Waals surface area contributed by atoms with Gasteiger partial charge in [-0.1, -0.05) is 18.2 Å². The Hall–Kier alpha value is -4.23. The maximum absolute atomic E-state index is 14.1. The summed E-state index contributed by atoms with van der Waals surface area (Å²) >= 11 is 2.24. The van der Waals surface area contributed by atoms with Gasteiger partial charge in [0.1, 0.15) is 17.1 Å². The normalized spacial score (nSPS) is 12.4. The van der Waals surface area contributed by atoms with E-state index in [0.29, 0.717) is 17.0 Å². The lowest BCUT2D eigenvalue weighted by atomic mass is 9.93. The number of carboxylic acid groups (broad SMARTS) is 1. The third kappa shape index (κ3) is 7.23. The number of carbonyl (C=O) groups excluding carboxylic acids is 2. The van der Waals surface area contributed by atoms with Crippen LogP contribution in [0.25, 0.3) is 11.3 Å². The lowest BCUT2D eigenvalue weighted by Crippen LogP contribution is -2.46. The second-order valence-corrected chi connectivity index (χ2v) is 11.7. The summed E-state index contributed by atoms with van der Waals surface area (Å²) < 4.78 is 6.31. The Kier molecular flexibility index (Phi) is 9.87. The number of aromatic nitrogens is 2. The second kappa shape index (κ2) is 13.4. The van der Waals surface area contributed by atoms with Crippen LogP contribution in [-0.4, -0.2) is 50.9 Å². The van der Waals surface area contributed by atoms with E-state index in [2.05, 4.69) is 27.6 Å². The Labute approximate surface area is 263 Å². The number of nitrogens with one attached hydrogen (secondary N) is 1. The minimum Gasteiger partial charge on any atom is -0.496 e. The SMILES string of the molecule is COc1ccc(CN(C(=O)C(N)Cc2c(C)cc(C(N)=O)cc2C)C(C)c2nc(-c3ccc(I)cc3)c[nH]2)cc1C(=O)O. The molecule has 0 saturated heterocycles. The van der Waals surface area contributed by atoms with Crippen LogP contribution in [0.5, 0.6) is 5.75 Å². The number of carboxylic acids is 1. The average molecular weight is 696 g/mol. The second-order valence-electron chi connectivity index (χ2n) is 10.4. The molecule has 224 valence electrons. The van der Waals surface area contributed by atoms with Gasteiger partial charge in [-0.15, -0.1) is 0 Å². The number of hydrogen-bond donors (Lipinski definition) is 4. The molecule has 0 aliphatic rings. The predicted molar refractivity (Wildman–Crippen MR) is 172 cm³/mol. The zero-order valence-corrected chi connectivity index (χ0v) is 26.5. The molecule has 43 heavy (non-hydrogen) atoms. The number of rotatable bonds is 11. The van der Waals surface area contributed by atoms with Crippen LogP contribution < -0.4 is 16.2 Å². The topological polar surface area (TPSA) is 165 Å². The first-order valence-corrected chi connectivity index (χ1v) is 14.6. The molecule has 11 heteroatoms. The van der Waals surface area contributed by atoms with Gasteiger partial charge in [0.05, 0.1) is 24.9 Å². The minimum absolute atomic E-state index is 0.0101. The Morgan fingerprint density at radius 1 is 1.07 bits per heavy atom. The molecule has 10 nitrogen and oxygen atoms in total. The van der Waals surface area contributed by atoms with Crippen molar-refractivity contribution in [3.05, 3.63) is 104 Å². The number of halogens is 1. The highest BCUT2D eigenvalue weighted by molar-refractivity contribution is 14.1. The minimum atomic E-state index is -1.14. The van der Waals surface area contributed by atoms with Gasteiger partial charge in [-0.3, -0.25) is 9.59 Å². The van der Waals surface area contributed by atoms with Crippen molar-refractivity contribution in [2.24, 2.45) is 11.5 Å². The van der Waals surface area contributed by atoms with Crippen molar-refractivity contribution in [2.45, 2.75) is 45.8 Å². The summed E-state index contributed by atoms with van der Waals surface area (Å²) in [5, 5.41) is 9.71. The molecule has 0 aliphatic carbocycles. The Balaban J connectivity index is 1.68. The van der Waals surface area contributed by atoms with Crippen LogP contribution in [-0.2, 0) is 17.8 Å². The van der Waals surface area contributed by atoms with Crippen LogP contribution in [0.15, 0.2) is 60.8 Å². The van der Waals surface area contributed by atoms with Crippen molar-refractivity contribution in [3.8, 4) is 17.0 Å². The number of imidazole rings is 1. The van der Waals surface area contributed by atoms with Crippen molar-refractivity contribution in [1.82, 2.24) is 14.9 Å². The molecule has 1 aromatic heterocycles. The van der Waals surface area contributed by atoms with E-state index in [9.17, 15) is 19.5 Å². The van der Waals surface area contributed by atoms with Crippen molar-refractivity contribution in [2.75, 3.05) is 7.11 Å². The zero-order valence-electron chi connectivity index (χ0n) is 24.3. The summed E-state index contributed by atoms with van der Waals surface area (Å²) in [6.45, 7) is 5.63. The fourth-order valence-electron chi connectivity index (χ4n) is 5.07. The van der Waals surface area contributed by atoms with E-state index in [1.165, 1.54) is 13.2 Å². The molecular formula is C32H34IN5O5. The Morgan fingerprint density at radius 3 is 2.30 bits per heavy atom. The van der Waals surface area contributed by atoms with E-state index >= 15 is 0 Å². The highest BCUT2D eigenvalue weighted by atomic mass is 127. The number of nitrogens with zero attached hydrogens (tertiary/aromatic N) is 2. The highest BCUT2D eigenvalue weighted by Gasteiger charge is 2.29. The molecule has 0 radical (unpaired) electrons. The molecule has 2 atom stereocenters. The number of ether oxygens (including phenoxy) is 1. The number of carbonyl (C=O) groups is 3. The summed E-state index contributed by atoms with van der Waals surface area (Å²) in [6.07, 6.45) is 2.02. The first kappa shape index (κ1) is 31.7. The van der Waals surface area contributed by atoms with Gasteiger partial charge in [0, 0.05) is 27.4 Å². The maximum Gasteiger partial charge on any atom is 0.339 e. The van der Waals surface area contributed by atoms with Gasteiger partial charge in [0.2, 0.25) is 11.8 Å². The Morgan fingerprint density at radius 2 is 1.72 bits per heavy atom. The van der Waals surface area contributed by atoms with Gasteiger partial charge in [0.25, 0.3) is 0 Å². The van der Waals surface area contributed by atoms with Gasteiger partial charge in [-0.2, -0.15) is 0 Å². The van der Waals surface area contributed by atoms with E-state index in [1.807, 2.05) is 45.0 Å². The van der Waals surface area contributed by atoms with E-state index in [4.69, 9.17) is 21.2 Å². The third-order valence-electron chi connectivity index (χ3n) is 7.45. The number of primary amides is 1. The number of H-pyrrole nitrogens is 1. The smallest absolute Gasteiger partial charge is 0.339 e. The summed E-state index contributed by atoms with van der Waals surface area (Å²) in [5.74, 6) is -1.23. The molecule has 4 aromatic rings. The van der Waals surface area contributed by atoms with Crippen molar-refractivity contribution in [3.63, 3.8) is 0 Å². The number of hydrogen-bond acceptors (Lipinski definition) is 6. The van der Waals surface area contributed by atoms with Crippen LogP contribution in [0.4, 0.5) is 0 Å². The molecule has 6 N–H and O–H groups in total. The van der Waals surface area contributed by atoms with Crippen LogP contribution in [0.3, 0.4) is 0 Å². The number of methoxy groups -OCH3 is 1. The first-order valence-electron chi connectivity index (χ1n) is 13.6. The van der Waals surface area contributed by atoms with E-state index in [1.54, 1.807) is 35.4 Å². The van der Waals surface area contributed by atoms with E-state index in [-0.39, 0.29) is 30.2 Å². The molecule has 1 heterocycles. The molecule has 3 aromatic carbocycles. The van der Waals surface area contributed by atoms with Gasteiger partial charge in [0.15, 0.2) is 0 Å². The maximum atomic E-state index is 14.1. The van der Waals surface area contributed by atoms with Crippen LogP contribution in [0.1, 0.15) is 61.8 Å². The van der Waals surface area contributed by atoms with E-state index in [0.717, 1.165) is 31.5 Å². The molecule has 2 unspecified atom stereocenters. The lowest BCUT2D eigenvalue weighted by Gasteiger charge is -2.31. The Bertz CT molecular complexity index is 1640. The van der Waals surface area contributed by atoms with Crippen molar-refractivity contribution >= 4 is 40.4 Å². The number of aryl methyl sites for hydroxylation is 2. The van der Waals surface area contributed by atoms with Gasteiger partial charge in [-0.25, -0.2) is 9.78 Å². The fraction of sp³-hybridized carbons (Fsp3) is 0.250. The van der Waals surface area contributed by atoms with Gasteiger partial charge < -0.3 is 31.2 Å². The third-order valence-corrected chi connectivity index (χ3v) is 8.17. The number of nitrogens with two attached hydrogens (primary N) is 2. The zero-order chi connectivity index (χ0) is 31.4.